The molecule has 0 heterocycles. The van der Waals surface area contributed by atoms with Crippen LogP contribution in [-0.4, -0.2) is 0 Å². The molecule has 3 rings (SSSR count). The Morgan fingerprint density at radius 1 is 0.870 bits per heavy atom. The van der Waals surface area contributed by atoms with E-state index in [1.165, 1.54) is 50.7 Å². The van der Waals surface area contributed by atoms with Crippen LogP contribution in [0.1, 0.15) is 73.1 Å². The zero-order chi connectivity index (χ0) is 15.5. The molecule has 0 aromatic heterocycles. The molecule has 0 amide bonds. The van der Waals surface area contributed by atoms with Gasteiger partial charge >= 0.3 is 0 Å². The van der Waals surface area contributed by atoms with Crippen molar-refractivity contribution in [1.29, 1.82) is 0 Å². The molecule has 0 radical (unpaired) electrons. The van der Waals surface area contributed by atoms with Crippen LogP contribution in [0.4, 0.5) is 8.78 Å². The molecule has 0 unspecified atom stereocenters. The highest BCUT2D eigenvalue weighted by Crippen LogP contribution is 2.44. The fraction of sp³-hybridized carbons (Fsp3) is 0.619. The number of halogens is 2. The predicted molar refractivity (Wildman–Crippen MR) is 97.7 cm³/mol. The van der Waals surface area contributed by atoms with Crippen LogP contribution in [0.2, 0.25) is 0 Å². The van der Waals surface area contributed by atoms with Crippen molar-refractivity contribution >= 4 is 0 Å². The van der Waals surface area contributed by atoms with Gasteiger partial charge in [0.15, 0.2) is 11.6 Å². The third kappa shape index (κ3) is 4.22. The summed E-state index contributed by atoms with van der Waals surface area (Å²) in [5.74, 6) is 1.42. The molecule has 0 spiro atoms. The number of rotatable bonds is 3. The third-order valence-corrected chi connectivity index (χ3v) is 6.00. The molecule has 2 fully saturated rings. The Morgan fingerprint density at radius 3 is 1.96 bits per heavy atom. The Labute approximate surface area is 143 Å². The summed E-state index contributed by atoms with van der Waals surface area (Å²) in [6.07, 6.45) is 12.1. The topological polar surface area (TPSA) is 0 Å². The van der Waals surface area contributed by atoms with Crippen LogP contribution in [0.3, 0.4) is 0 Å². The average molecular weight is 324 g/mol. The Balaban J connectivity index is 0.00000192. The second-order valence-electron chi connectivity index (χ2n) is 7.20. The second-order valence-corrected chi connectivity index (χ2v) is 7.20. The molecule has 2 aliphatic rings. The van der Waals surface area contributed by atoms with Crippen LogP contribution in [0, 0.1) is 29.4 Å². The van der Waals surface area contributed by atoms with Gasteiger partial charge in [-0.25, -0.2) is 8.78 Å². The lowest BCUT2D eigenvalue weighted by molar-refractivity contribution is 0.171. The highest BCUT2D eigenvalue weighted by atomic mass is 19.2. The minimum Gasteiger partial charge on any atom is -0.204 e. The van der Waals surface area contributed by atoms with Crippen molar-refractivity contribution < 1.29 is 11.6 Å². The molecular formula is C21H34F2. The fourth-order valence-electron chi connectivity index (χ4n) is 4.54. The summed E-state index contributed by atoms with van der Waals surface area (Å²) in [5.41, 5.74) is 0.979. The number of hydrogen-bond donors (Lipinski definition) is 0. The first-order valence-corrected chi connectivity index (χ1v) is 8.75. The molecule has 1 aromatic rings. The van der Waals surface area contributed by atoms with Crippen LogP contribution in [0.25, 0.3) is 0 Å². The molecule has 0 saturated heterocycles. The molecule has 23 heavy (non-hydrogen) atoms. The number of hydrogen-bond acceptors (Lipinski definition) is 0. The first-order valence-electron chi connectivity index (χ1n) is 8.75. The van der Waals surface area contributed by atoms with Gasteiger partial charge in [0.1, 0.15) is 0 Å². The maximum Gasteiger partial charge on any atom is 0.159 e. The van der Waals surface area contributed by atoms with Gasteiger partial charge in [-0.3, -0.25) is 0 Å². The van der Waals surface area contributed by atoms with E-state index in [-0.39, 0.29) is 10.3 Å². The smallest absolute Gasteiger partial charge is 0.159 e. The molecular weight excluding hydrogens is 290 g/mol. The molecule has 0 aliphatic heterocycles. The number of allylic oxidation sites excluding steroid dienone is 1. The summed E-state index contributed by atoms with van der Waals surface area (Å²) in [4.78, 5) is 0. The molecule has 2 saturated carbocycles. The quantitative estimate of drug-likeness (QED) is 0.509. The maximum atomic E-state index is 13.4. The third-order valence-electron chi connectivity index (χ3n) is 6.00. The Bertz CT molecular complexity index is 517. The molecule has 0 N–H and O–H groups in total. The Morgan fingerprint density at radius 2 is 1.43 bits per heavy atom. The van der Waals surface area contributed by atoms with Crippen molar-refractivity contribution in [3.63, 3.8) is 0 Å². The lowest BCUT2D eigenvalue weighted by Gasteiger charge is -2.37. The minimum atomic E-state index is -0.739. The van der Waals surface area contributed by atoms with Crippen molar-refractivity contribution in [2.75, 3.05) is 0 Å². The van der Waals surface area contributed by atoms with Crippen LogP contribution in [-0.2, 0) is 0 Å². The maximum absolute atomic E-state index is 13.4. The van der Waals surface area contributed by atoms with E-state index in [9.17, 15) is 8.78 Å². The zero-order valence-electron chi connectivity index (χ0n) is 13.2. The molecule has 0 bridgehead atoms. The Hall–Kier alpha value is -1.18. The summed E-state index contributed by atoms with van der Waals surface area (Å²) < 4.78 is 26.4. The highest BCUT2D eigenvalue weighted by Gasteiger charge is 2.30. The summed E-state index contributed by atoms with van der Waals surface area (Å²) in [6.45, 7) is 3.92. The van der Waals surface area contributed by atoms with Crippen molar-refractivity contribution in [2.24, 2.45) is 17.8 Å². The SMILES string of the molecule is C.C=CC1CCC(C2CCC(c3ccc(F)c(F)c3)CC2)CC1.[HH].[HH]. The van der Waals surface area contributed by atoms with Crippen LogP contribution >= 0.6 is 0 Å². The summed E-state index contributed by atoms with van der Waals surface area (Å²) in [6, 6.07) is 4.43. The lowest BCUT2D eigenvalue weighted by Crippen LogP contribution is -2.25. The minimum absolute atomic E-state index is 0. The molecule has 0 atom stereocenters. The van der Waals surface area contributed by atoms with E-state index in [4.69, 9.17) is 0 Å². The zero-order valence-corrected chi connectivity index (χ0v) is 13.2. The van der Waals surface area contributed by atoms with Crippen LogP contribution < -0.4 is 0 Å². The lowest BCUT2D eigenvalue weighted by atomic mass is 9.68. The van der Waals surface area contributed by atoms with Gasteiger partial charge in [0.2, 0.25) is 0 Å². The van der Waals surface area contributed by atoms with Gasteiger partial charge in [-0.1, -0.05) is 19.6 Å². The van der Waals surface area contributed by atoms with Crippen molar-refractivity contribution in [3.05, 3.63) is 48.1 Å². The van der Waals surface area contributed by atoms with Gasteiger partial charge in [0, 0.05) is 2.85 Å². The first-order chi connectivity index (χ1) is 10.7. The standard InChI is InChI=1S/C20H26F2.CH4.2H2/c1-2-14-3-5-15(6-4-14)16-7-9-17(10-8-16)18-11-12-19(21)20(22)13-18;;;/h2,11-17H,1,3-10H2;1H4;2*1H. The van der Waals surface area contributed by atoms with Gasteiger partial charge in [0.05, 0.1) is 0 Å². The second kappa shape index (κ2) is 8.08. The molecule has 2 aliphatic carbocycles. The number of benzene rings is 1. The summed E-state index contributed by atoms with van der Waals surface area (Å²) >= 11 is 0. The highest BCUT2D eigenvalue weighted by molar-refractivity contribution is 5.22. The van der Waals surface area contributed by atoms with E-state index in [2.05, 4.69) is 12.7 Å². The van der Waals surface area contributed by atoms with E-state index < -0.39 is 11.6 Å². The summed E-state index contributed by atoms with van der Waals surface area (Å²) in [5, 5.41) is 0. The van der Waals surface area contributed by atoms with E-state index in [0.717, 1.165) is 36.2 Å². The van der Waals surface area contributed by atoms with Gasteiger partial charge in [-0.05, 0) is 92.7 Å². The average Bonchev–Trinajstić information content (AvgIpc) is 2.58. The molecule has 1 aromatic carbocycles. The first kappa shape index (κ1) is 18.2. The van der Waals surface area contributed by atoms with Gasteiger partial charge < -0.3 is 0 Å². The van der Waals surface area contributed by atoms with Gasteiger partial charge in [-0.15, -0.1) is 6.58 Å². The van der Waals surface area contributed by atoms with E-state index in [1.807, 2.05) is 0 Å². The predicted octanol–water partition coefficient (Wildman–Crippen LogP) is 7.36. The molecule has 132 valence electrons. The van der Waals surface area contributed by atoms with Gasteiger partial charge in [0.25, 0.3) is 0 Å². The summed E-state index contributed by atoms with van der Waals surface area (Å²) in [7, 11) is 0. The van der Waals surface area contributed by atoms with Crippen molar-refractivity contribution in [3.8, 4) is 0 Å². The fourth-order valence-corrected chi connectivity index (χ4v) is 4.54. The largest absolute Gasteiger partial charge is 0.204 e. The van der Waals surface area contributed by atoms with Crippen LogP contribution in [0.5, 0.6) is 0 Å². The van der Waals surface area contributed by atoms with E-state index >= 15 is 0 Å². The molecule has 2 heteroatoms. The monoisotopic (exact) mass is 324 g/mol. The van der Waals surface area contributed by atoms with Crippen LogP contribution in [0.15, 0.2) is 30.9 Å². The van der Waals surface area contributed by atoms with Gasteiger partial charge in [-0.2, -0.15) is 0 Å². The van der Waals surface area contributed by atoms with E-state index in [1.54, 1.807) is 6.07 Å². The Kier molecular flexibility index (Phi) is 6.38. The molecule has 0 nitrogen and oxygen atoms in total. The van der Waals surface area contributed by atoms with Crippen molar-refractivity contribution in [2.45, 2.75) is 64.7 Å². The van der Waals surface area contributed by atoms with E-state index in [0.29, 0.717) is 5.92 Å². The van der Waals surface area contributed by atoms with Crippen molar-refractivity contribution in [1.82, 2.24) is 0 Å². The normalized spacial score (nSPS) is 31.2.